The number of carbonyl (C=O) groups is 1. The number of rotatable bonds is 7. The molecule has 0 aromatic rings. The Balaban J connectivity index is 2.83. The van der Waals surface area contributed by atoms with Crippen LogP contribution in [0, 0.1) is 0 Å². The van der Waals surface area contributed by atoms with Crippen LogP contribution >= 0.6 is 0 Å². The third kappa shape index (κ3) is 4.78. The summed E-state index contributed by atoms with van der Waals surface area (Å²) in [6.45, 7) is -0.365. The SMILES string of the molecule is NCNC(=O)C(O)C(O)C(OC1OC(O)C(O)C(O)C1O)C(O)O. The molecule has 24 heavy (non-hydrogen) atoms. The number of amides is 1. The van der Waals surface area contributed by atoms with Crippen molar-refractivity contribution in [2.45, 2.75) is 55.5 Å². The molecule has 0 aliphatic carbocycles. The van der Waals surface area contributed by atoms with E-state index in [4.69, 9.17) is 10.5 Å². The van der Waals surface area contributed by atoms with Gasteiger partial charge in [0.05, 0.1) is 6.67 Å². The van der Waals surface area contributed by atoms with Gasteiger partial charge in [0.2, 0.25) is 0 Å². The molecule has 142 valence electrons. The van der Waals surface area contributed by atoms with Crippen molar-refractivity contribution in [2.75, 3.05) is 6.67 Å². The van der Waals surface area contributed by atoms with E-state index in [-0.39, 0.29) is 6.67 Å². The van der Waals surface area contributed by atoms with Gasteiger partial charge in [-0.25, -0.2) is 0 Å². The molecule has 8 unspecified atom stereocenters. The summed E-state index contributed by atoms with van der Waals surface area (Å²) in [5.74, 6) is -1.14. The van der Waals surface area contributed by atoms with Crippen LogP contribution in [0.15, 0.2) is 0 Å². The van der Waals surface area contributed by atoms with E-state index in [1.807, 2.05) is 5.32 Å². The fourth-order valence-corrected chi connectivity index (χ4v) is 1.96. The van der Waals surface area contributed by atoms with Crippen LogP contribution in [0.4, 0.5) is 0 Å². The van der Waals surface area contributed by atoms with Crippen molar-refractivity contribution in [2.24, 2.45) is 5.73 Å². The van der Waals surface area contributed by atoms with Crippen LogP contribution in [0.25, 0.3) is 0 Å². The Morgan fingerprint density at radius 3 is 2.17 bits per heavy atom. The Hall–Kier alpha value is -0.970. The molecule has 0 aromatic carbocycles. The van der Waals surface area contributed by atoms with Gasteiger partial charge in [0, 0.05) is 0 Å². The van der Waals surface area contributed by atoms with Gasteiger partial charge in [0.25, 0.3) is 5.91 Å². The lowest BCUT2D eigenvalue weighted by Crippen LogP contribution is -2.61. The molecule has 1 aliphatic rings. The summed E-state index contributed by atoms with van der Waals surface area (Å²) in [5, 5.41) is 77.8. The number of hydrogen-bond donors (Lipinski definition) is 10. The Kier molecular flexibility index (Phi) is 7.84. The lowest BCUT2D eigenvalue weighted by atomic mass is 10.0. The molecule has 1 aliphatic heterocycles. The summed E-state index contributed by atoms with van der Waals surface area (Å²) >= 11 is 0. The highest BCUT2D eigenvalue weighted by Crippen LogP contribution is 2.23. The standard InChI is InChI=1S/C11H22N2O11/c12-1-13-8(19)4(16)3(15)7(9(20)21)23-11-6(18)2(14)5(17)10(22)24-11/h2-7,9-11,14-18,20-22H,1,12H2,(H,13,19). The number of nitrogens with two attached hydrogens (primary N) is 1. The van der Waals surface area contributed by atoms with E-state index in [0.29, 0.717) is 0 Å². The minimum Gasteiger partial charge on any atom is -0.387 e. The third-order valence-electron chi connectivity index (χ3n) is 3.33. The number of nitrogens with one attached hydrogen (secondary N) is 1. The Morgan fingerprint density at radius 1 is 1.08 bits per heavy atom. The smallest absolute Gasteiger partial charge is 0.252 e. The predicted molar refractivity (Wildman–Crippen MR) is 71.2 cm³/mol. The first-order valence-corrected chi connectivity index (χ1v) is 6.85. The molecule has 1 amide bonds. The fourth-order valence-electron chi connectivity index (χ4n) is 1.96. The number of aliphatic hydroxyl groups excluding tert-OH is 7. The molecule has 1 fully saturated rings. The molecule has 0 aromatic heterocycles. The molecule has 1 rings (SSSR count). The van der Waals surface area contributed by atoms with Gasteiger partial charge in [0.1, 0.15) is 30.5 Å². The summed E-state index contributed by atoms with van der Waals surface area (Å²) in [5.41, 5.74) is 5.03. The largest absolute Gasteiger partial charge is 0.387 e. The Labute approximate surface area is 135 Å². The first kappa shape index (κ1) is 21.1. The van der Waals surface area contributed by atoms with Crippen LogP contribution in [0.5, 0.6) is 0 Å². The van der Waals surface area contributed by atoms with Gasteiger partial charge in [-0.1, -0.05) is 0 Å². The molecule has 8 atom stereocenters. The van der Waals surface area contributed by atoms with Gasteiger partial charge in [-0.2, -0.15) is 0 Å². The first-order valence-electron chi connectivity index (χ1n) is 6.85. The fraction of sp³-hybridized carbons (Fsp3) is 0.909. The van der Waals surface area contributed by atoms with E-state index in [0.717, 1.165) is 0 Å². The van der Waals surface area contributed by atoms with E-state index in [9.17, 15) is 45.6 Å². The van der Waals surface area contributed by atoms with Crippen molar-refractivity contribution in [1.82, 2.24) is 5.32 Å². The van der Waals surface area contributed by atoms with Crippen LogP contribution in [0.1, 0.15) is 0 Å². The maximum absolute atomic E-state index is 11.4. The average Bonchev–Trinajstić information content (AvgIpc) is 2.53. The molecule has 1 heterocycles. The molecular formula is C11H22N2O11. The summed E-state index contributed by atoms with van der Waals surface area (Å²) in [4.78, 5) is 11.4. The summed E-state index contributed by atoms with van der Waals surface area (Å²) in [7, 11) is 0. The minimum absolute atomic E-state index is 0.365. The van der Waals surface area contributed by atoms with E-state index < -0.39 is 61.4 Å². The van der Waals surface area contributed by atoms with Crippen molar-refractivity contribution >= 4 is 5.91 Å². The monoisotopic (exact) mass is 358 g/mol. The molecule has 0 saturated carbocycles. The van der Waals surface area contributed by atoms with Crippen LogP contribution in [0.3, 0.4) is 0 Å². The lowest BCUT2D eigenvalue weighted by molar-refractivity contribution is -0.364. The number of ether oxygens (including phenoxy) is 2. The second-order valence-corrected chi connectivity index (χ2v) is 5.06. The molecular weight excluding hydrogens is 336 g/mol. The highest BCUT2D eigenvalue weighted by Gasteiger charge is 2.47. The summed E-state index contributed by atoms with van der Waals surface area (Å²) < 4.78 is 9.48. The van der Waals surface area contributed by atoms with Crippen molar-refractivity contribution in [3.63, 3.8) is 0 Å². The van der Waals surface area contributed by atoms with E-state index in [1.165, 1.54) is 0 Å². The molecule has 11 N–H and O–H groups in total. The quantitative estimate of drug-likeness (QED) is 0.191. The predicted octanol–water partition coefficient (Wildman–Crippen LogP) is -6.81. The van der Waals surface area contributed by atoms with Crippen molar-refractivity contribution < 1.29 is 55.1 Å². The number of hydrogen-bond acceptors (Lipinski definition) is 12. The van der Waals surface area contributed by atoms with Gasteiger partial charge in [-0.3, -0.25) is 4.79 Å². The molecule has 1 saturated heterocycles. The van der Waals surface area contributed by atoms with E-state index in [2.05, 4.69) is 4.74 Å². The summed E-state index contributed by atoms with van der Waals surface area (Å²) in [6.07, 6.45) is -18.5. The average molecular weight is 358 g/mol. The van der Waals surface area contributed by atoms with Crippen molar-refractivity contribution in [3.8, 4) is 0 Å². The lowest BCUT2D eigenvalue weighted by Gasteiger charge is -2.40. The second-order valence-electron chi connectivity index (χ2n) is 5.06. The van der Waals surface area contributed by atoms with Crippen molar-refractivity contribution in [3.05, 3.63) is 0 Å². The third-order valence-corrected chi connectivity index (χ3v) is 3.33. The van der Waals surface area contributed by atoms with Crippen molar-refractivity contribution in [1.29, 1.82) is 0 Å². The normalized spacial score (nSPS) is 34.7. The Bertz CT molecular complexity index is 411. The molecule has 0 bridgehead atoms. The second kappa shape index (κ2) is 8.93. The van der Waals surface area contributed by atoms with E-state index in [1.54, 1.807) is 0 Å². The van der Waals surface area contributed by atoms with Gasteiger partial charge in [-0.15, -0.1) is 0 Å². The molecule has 13 nitrogen and oxygen atoms in total. The highest BCUT2D eigenvalue weighted by molar-refractivity contribution is 5.81. The molecule has 0 radical (unpaired) electrons. The van der Waals surface area contributed by atoms with Crippen LogP contribution in [0.2, 0.25) is 0 Å². The summed E-state index contributed by atoms with van der Waals surface area (Å²) in [6, 6.07) is 0. The van der Waals surface area contributed by atoms with Gasteiger partial charge >= 0.3 is 0 Å². The van der Waals surface area contributed by atoms with Gasteiger partial charge in [-0.05, 0) is 0 Å². The zero-order valence-electron chi connectivity index (χ0n) is 12.3. The first-order chi connectivity index (χ1) is 11.1. The van der Waals surface area contributed by atoms with E-state index >= 15 is 0 Å². The Morgan fingerprint density at radius 2 is 1.67 bits per heavy atom. The maximum Gasteiger partial charge on any atom is 0.252 e. The minimum atomic E-state index is -2.45. The molecule has 0 spiro atoms. The zero-order chi connectivity index (χ0) is 18.6. The van der Waals surface area contributed by atoms with Crippen LogP contribution in [-0.2, 0) is 14.3 Å². The van der Waals surface area contributed by atoms with Crippen LogP contribution < -0.4 is 11.1 Å². The number of aliphatic hydroxyl groups is 8. The molecule has 13 heteroatoms. The van der Waals surface area contributed by atoms with Gasteiger partial charge < -0.3 is 61.4 Å². The maximum atomic E-state index is 11.4. The van der Waals surface area contributed by atoms with Gasteiger partial charge in [0.15, 0.2) is 25.0 Å². The topological polar surface area (TPSA) is 235 Å². The zero-order valence-corrected chi connectivity index (χ0v) is 12.3. The highest BCUT2D eigenvalue weighted by atomic mass is 16.8. The number of carbonyl (C=O) groups excluding carboxylic acids is 1. The van der Waals surface area contributed by atoms with Crippen LogP contribution in [-0.4, -0.2) is 109 Å².